The van der Waals surface area contributed by atoms with E-state index in [9.17, 15) is 14.4 Å². The molecule has 1 N–H and O–H groups in total. The second-order valence-corrected chi connectivity index (χ2v) is 5.98. The van der Waals surface area contributed by atoms with E-state index >= 15 is 0 Å². The monoisotopic (exact) mass is 281 g/mol. The van der Waals surface area contributed by atoms with E-state index in [1.807, 2.05) is 0 Å². The number of amides is 1. The van der Waals surface area contributed by atoms with Gasteiger partial charge in [0, 0.05) is 28.5 Å². The number of nitrogens with one attached hydrogen (secondary N) is 1. The number of Topliss-reactive ketones (excluding diaryl/α,β-unsaturated/α-hetero) is 2. The van der Waals surface area contributed by atoms with Crippen LogP contribution in [-0.2, 0) is 4.79 Å². The predicted octanol–water partition coefficient (Wildman–Crippen LogP) is 2.26. The number of carbonyl (C=O) groups is 3. The highest BCUT2D eigenvalue weighted by atomic mass is 16.2. The van der Waals surface area contributed by atoms with Gasteiger partial charge in [0.05, 0.1) is 5.70 Å². The molecule has 2 atom stereocenters. The quantitative estimate of drug-likeness (QED) is 0.793. The number of hydrogen-bond donors (Lipinski definition) is 1. The van der Waals surface area contributed by atoms with Crippen LogP contribution in [0.4, 0.5) is 0 Å². The van der Waals surface area contributed by atoms with E-state index < -0.39 is 0 Å². The van der Waals surface area contributed by atoms with Crippen molar-refractivity contribution in [2.45, 2.75) is 25.7 Å². The third kappa shape index (κ3) is 1.65. The molecular weight excluding hydrogens is 266 g/mol. The lowest BCUT2D eigenvalue weighted by Gasteiger charge is -2.38. The third-order valence-electron chi connectivity index (χ3n) is 4.88. The molecule has 1 aromatic rings. The van der Waals surface area contributed by atoms with Crippen LogP contribution in [0, 0.1) is 11.8 Å². The second-order valence-electron chi connectivity index (χ2n) is 5.98. The summed E-state index contributed by atoms with van der Waals surface area (Å²) >= 11 is 0. The molecule has 0 saturated heterocycles. The largest absolute Gasteiger partial charge is 0.322 e. The van der Waals surface area contributed by atoms with Crippen molar-refractivity contribution in [1.82, 2.24) is 5.32 Å². The standard InChI is InChI=1S/C17H15NO3/c19-15-10-6-2-3-7-11(10)16(20)14-13(15)9-5-1-4-8-12(9)17(21)18-14/h2-3,6-7,9,12H,1,4-5,8H2,(H,18,21)/t9-,12+/m1/s1. The molecule has 4 nitrogen and oxygen atoms in total. The summed E-state index contributed by atoms with van der Waals surface area (Å²) in [7, 11) is 0. The van der Waals surface area contributed by atoms with Gasteiger partial charge in [-0.1, -0.05) is 37.1 Å². The highest BCUT2D eigenvalue weighted by Gasteiger charge is 2.45. The average molecular weight is 281 g/mol. The molecule has 0 radical (unpaired) electrons. The Morgan fingerprint density at radius 1 is 0.857 bits per heavy atom. The van der Waals surface area contributed by atoms with Crippen LogP contribution in [0.25, 0.3) is 0 Å². The van der Waals surface area contributed by atoms with Crippen molar-refractivity contribution in [2.24, 2.45) is 11.8 Å². The second kappa shape index (κ2) is 4.38. The maximum atomic E-state index is 12.8. The minimum Gasteiger partial charge on any atom is -0.322 e. The van der Waals surface area contributed by atoms with Gasteiger partial charge in [-0.05, 0) is 12.8 Å². The van der Waals surface area contributed by atoms with Gasteiger partial charge in [0.2, 0.25) is 11.7 Å². The fraction of sp³-hybridized carbons (Fsp3) is 0.353. The van der Waals surface area contributed by atoms with Crippen LogP contribution in [-0.4, -0.2) is 17.5 Å². The highest BCUT2D eigenvalue weighted by Crippen LogP contribution is 2.42. The molecule has 0 spiro atoms. The molecule has 4 rings (SSSR count). The van der Waals surface area contributed by atoms with E-state index in [2.05, 4.69) is 5.32 Å². The lowest BCUT2D eigenvalue weighted by atomic mass is 9.68. The molecule has 21 heavy (non-hydrogen) atoms. The SMILES string of the molecule is O=C1C2=C(C(=O)c3ccccc31)[C@@H]1CCCC[C@@H]1C(=O)N2. The van der Waals surface area contributed by atoms with Crippen LogP contribution in [0.15, 0.2) is 35.5 Å². The van der Waals surface area contributed by atoms with Gasteiger partial charge in [-0.2, -0.15) is 0 Å². The summed E-state index contributed by atoms with van der Waals surface area (Å²) in [6, 6.07) is 6.87. The summed E-state index contributed by atoms with van der Waals surface area (Å²) in [4.78, 5) is 37.6. The van der Waals surface area contributed by atoms with Gasteiger partial charge in [-0.15, -0.1) is 0 Å². The lowest BCUT2D eigenvalue weighted by Crippen LogP contribution is -2.48. The van der Waals surface area contributed by atoms with Crippen LogP contribution in [0.3, 0.4) is 0 Å². The predicted molar refractivity (Wildman–Crippen MR) is 75.7 cm³/mol. The fourth-order valence-electron chi connectivity index (χ4n) is 3.88. The first-order chi connectivity index (χ1) is 10.2. The number of fused-ring (bicyclic) bond motifs is 3. The normalized spacial score (nSPS) is 27.7. The Labute approximate surface area is 122 Å². The molecule has 2 aliphatic carbocycles. The number of allylic oxidation sites excluding steroid dienone is 2. The molecular formula is C17H15NO3. The van der Waals surface area contributed by atoms with Crippen LogP contribution < -0.4 is 5.32 Å². The Bertz CT molecular complexity index is 717. The summed E-state index contributed by atoms with van der Waals surface area (Å²) < 4.78 is 0. The molecule has 1 aliphatic heterocycles. The van der Waals surface area contributed by atoms with Crippen molar-refractivity contribution < 1.29 is 14.4 Å². The van der Waals surface area contributed by atoms with E-state index in [4.69, 9.17) is 0 Å². The minimum atomic E-state index is -0.224. The van der Waals surface area contributed by atoms with Crippen molar-refractivity contribution in [2.75, 3.05) is 0 Å². The molecule has 1 aromatic carbocycles. The van der Waals surface area contributed by atoms with E-state index in [1.165, 1.54) is 0 Å². The molecule has 106 valence electrons. The molecule has 1 saturated carbocycles. The Balaban J connectivity index is 1.90. The maximum Gasteiger partial charge on any atom is 0.228 e. The van der Waals surface area contributed by atoms with Crippen molar-refractivity contribution in [3.63, 3.8) is 0 Å². The van der Waals surface area contributed by atoms with E-state index in [0.717, 1.165) is 25.7 Å². The van der Waals surface area contributed by atoms with Gasteiger partial charge < -0.3 is 5.32 Å². The minimum absolute atomic E-state index is 0.0860. The summed E-state index contributed by atoms with van der Waals surface area (Å²) in [6.45, 7) is 0. The highest BCUT2D eigenvalue weighted by molar-refractivity contribution is 6.28. The van der Waals surface area contributed by atoms with Crippen molar-refractivity contribution >= 4 is 17.5 Å². The summed E-state index contributed by atoms with van der Waals surface area (Å²) in [5.41, 5.74) is 1.65. The van der Waals surface area contributed by atoms with Gasteiger partial charge in [0.15, 0.2) is 5.78 Å². The van der Waals surface area contributed by atoms with Crippen LogP contribution in [0.5, 0.6) is 0 Å². The first-order valence-corrected chi connectivity index (χ1v) is 7.42. The third-order valence-corrected chi connectivity index (χ3v) is 4.88. The average Bonchev–Trinajstić information content (AvgIpc) is 2.53. The molecule has 1 amide bonds. The van der Waals surface area contributed by atoms with Crippen LogP contribution in [0.2, 0.25) is 0 Å². The number of rotatable bonds is 0. The molecule has 1 heterocycles. The maximum absolute atomic E-state index is 12.8. The summed E-state index contributed by atoms with van der Waals surface area (Å²) in [5, 5.41) is 2.71. The van der Waals surface area contributed by atoms with Gasteiger partial charge >= 0.3 is 0 Å². The number of carbonyl (C=O) groups excluding carboxylic acids is 3. The van der Waals surface area contributed by atoms with Gasteiger partial charge in [-0.25, -0.2) is 0 Å². The van der Waals surface area contributed by atoms with E-state index in [-0.39, 0.29) is 35.0 Å². The zero-order valence-electron chi connectivity index (χ0n) is 11.5. The van der Waals surface area contributed by atoms with E-state index in [0.29, 0.717) is 16.7 Å². The Morgan fingerprint density at radius 2 is 1.48 bits per heavy atom. The Kier molecular flexibility index (Phi) is 2.61. The zero-order chi connectivity index (χ0) is 14.6. The first kappa shape index (κ1) is 12.5. The zero-order valence-corrected chi connectivity index (χ0v) is 11.5. The van der Waals surface area contributed by atoms with Crippen molar-refractivity contribution in [1.29, 1.82) is 0 Å². The van der Waals surface area contributed by atoms with Crippen molar-refractivity contribution in [3.8, 4) is 0 Å². The molecule has 1 fully saturated rings. The van der Waals surface area contributed by atoms with E-state index in [1.54, 1.807) is 24.3 Å². The topological polar surface area (TPSA) is 63.2 Å². The van der Waals surface area contributed by atoms with Crippen LogP contribution in [0.1, 0.15) is 46.4 Å². The van der Waals surface area contributed by atoms with Crippen molar-refractivity contribution in [3.05, 3.63) is 46.7 Å². The fourth-order valence-corrected chi connectivity index (χ4v) is 3.88. The molecule has 0 aromatic heterocycles. The number of benzene rings is 1. The smallest absolute Gasteiger partial charge is 0.228 e. The van der Waals surface area contributed by atoms with Gasteiger partial charge in [0.1, 0.15) is 0 Å². The lowest BCUT2D eigenvalue weighted by molar-refractivity contribution is -0.127. The van der Waals surface area contributed by atoms with Crippen LogP contribution >= 0.6 is 0 Å². The molecule has 3 aliphatic rings. The molecule has 0 bridgehead atoms. The number of ketones is 2. The first-order valence-electron chi connectivity index (χ1n) is 7.42. The Morgan fingerprint density at radius 3 is 2.19 bits per heavy atom. The molecule has 0 unspecified atom stereocenters. The van der Waals surface area contributed by atoms with Gasteiger partial charge in [-0.3, -0.25) is 14.4 Å². The summed E-state index contributed by atoms with van der Waals surface area (Å²) in [5.74, 6) is -0.652. The van der Waals surface area contributed by atoms with Gasteiger partial charge in [0.25, 0.3) is 0 Å². The summed E-state index contributed by atoms with van der Waals surface area (Å²) in [6.07, 6.45) is 3.64. The Hall–Kier alpha value is -2.23. The number of hydrogen-bond acceptors (Lipinski definition) is 3. The molecule has 4 heteroatoms.